The fourth-order valence-corrected chi connectivity index (χ4v) is 17.5. The molecule has 736 valence electrons. The van der Waals surface area contributed by atoms with Crippen LogP contribution in [0.15, 0.2) is 105 Å². The van der Waals surface area contributed by atoms with Crippen molar-refractivity contribution < 1.29 is 136 Å². The van der Waals surface area contributed by atoms with Gasteiger partial charge in [0, 0.05) is 116 Å². The Bertz CT molecular complexity index is 6080. The quantitative estimate of drug-likeness (QED) is 0.00606. The smallest absolute Gasteiger partial charge is 0.363 e. The monoisotopic (exact) mass is 1980 g/mol. The lowest BCUT2D eigenvalue weighted by Gasteiger charge is -2.30. The number of carboxylic acids is 5. The molecule has 53 heteroatoms. The number of guanidine groups is 1. The molecule has 8 atom stereocenters. The van der Waals surface area contributed by atoms with E-state index in [0.717, 1.165) is 21.9 Å². The number of aromatic nitrogens is 4. The summed E-state index contributed by atoms with van der Waals surface area (Å²) in [5.74, 6) is -21.3. The molecule has 9 amide bonds. The van der Waals surface area contributed by atoms with Gasteiger partial charge in [-0.05, 0) is 136 Å². The van der Waals surface area contributed by atoms with Gasteiger partial charge in [0.25, 0.3) is 31.7 Å². The van der Waals surface area contributed by atoms with E-state index >= 15 is 0 Å². The maximum atomic E-state index is 14.2. The fraction of sp³-hybridized carbons (Fsp3) is 0.446. The zero-order valence-corrected chi connectivity index (χ0v) is 77.2. The Morgan fingerprint density at radius 1 is 0.706 bits per heavy atom. The lowest BCUT2D eigenvalue weighted by molar-refractivity contribution is -0.144. The Balaban J connectivity index is 0.875. The molecule has 22 N–H and O–H groups in total. The van der Waals surface area contributed by atoms with Gasteiger partial charge in [-0.1, -0.05) is 26.8 Å². The number of amides is 9. The minimum Gasteiger partial charge on any atom is -0.748 e. The number of hydrogen-bond donors (Lipinski definition) is 20. The lowest BCUT2D eigenvalue weighted by Crippen LogP contribution is -2.59. The number of carboxylic acid groups (broad SMARTS) is 5. The number of anilines is 4. The number of nitrogens with zero attached hydrogens (tertiary/aromatic N) is 6. The topological polar surface area (TPSA) is 783 Å². The molecule has 0 saturated carbocycles. The van der Waals surface area contributed by atoms with Gasteiger partial charge in [0.1, 0.15) is 36.3 Å². The molecule has 5 heterocycles. The second kappa shape index (κ2) is 47.3. The summed E-state index contributed by atoms with van der Waals surface area (Å²) in [4.78, 5) is 216. The van der Waals surface area contributed by atoms with Crippen LogP contribution in [0.5, 0.6) is 0 Å². The molecule has 3 aromatic carbocycles. The molecular formula is C83H105N19O30S4. The van der Waals surface area contributed by atoms with Crippen molar-refractivity contribution in [3.05, 3.63) is 129 Å². The lowest BCUT2D eigenvalue weighted by atomic mass is 9.77. The van der Waals surface area contributed by atoms with Crippen LogP contribution in [0.2, 0.25) is 0 Å². The number of allylic oxidation sites excluding steroid dienone is 3. The Labute approximate surface area is 781 Å². The number of hydrogen-bond acceptors (Lipinski definition) is 31. The van der Waals surface area contributed by atoms with Crippen LogP contribution in [0.4, 0.5) is 23.0 Å². The van der Waals surface area contributed by atoms with Crippen molar-refractivity contribution in [2.45, 2.75) is 182 Å². The maximum absolute atomic E-state index is 14.2. The minimum absolute atomic E-state index is 0.0116. The first-order chi connectivity index (χ1) is 63.7. The van der Waals surface area contributed by atoms with Crippen molar-refractivity contribution in [1.29, 1.82) is 5.41 Å². The van der Waals surface area contributed by atoms with Crippen molar-refractivity contribution >= 4 is 182 Å². The van der Waals surface area contributed by atoms with E-state index in [4.69, 9.17) is 21.3 Å². The highest BCUT2D eigenvalue weighted by molar-refractivity contribution is 8.00. The third-order valence-corrected chi connectivity index (χ3v) is 25.3. The van der Waals surface area contributed by atoms with Gasteiger partial charge in [0.05, 0.1) is 75.2 Å². The zero-order chi connectivity index (χ0) is 101. The number of nitrogens with two attached hydrogens (primary N) is 2. The molecule has 8 rings (SSSR count). The van der Waals surface area contributed by atoms with E-state index in [2.05, 4.69) is 51.8 Å². The largest absolute Gasteiger partial charge is 0.748 e. The SMILES string of the molecule is CCN(CCCS(=O)(=O)[O-])c1ccc2c(C(C)(C)C)cc(/C=C/C=C3\N(CCCS(=O)(=O)O)c4ccc(S(=O)(=O)O)cc4C3(C)CCCC(=O)NCCN3C(=O)CC(SCC(NC(=O)C(CC(=O)O)NC(=O)C(CC(=O)O)NC(=O)C(CCCNC(=N)N)NC(=O)C(CC(=O)O)NC(=O)CCC(NC(=O)c4ccc(NCc5cnc6nc(N)[nH]c(=O)c6n5)cc4)C(=O)O)C(=O)O)C3=O)[o+]c2c1. The number of benzene rings is 3. The molecule has 136 heavy (non-hydrogen) atoms. The molecule has 2 aliphatic heterocycles. The molecule has 0 spiro atoms. The molecule has 0 bridgehead atoms. The molecule has 1 saturated heterocycles. The van der Waals surface area contributed by atoms with E-state index in [-0.39, 0.29) is 93.9 Å². The first-order valence-electron chi connectivity index (χ1n) is 42.1. The van der Waals surface area contributed by atoms with Gasteiger partial charge in [-0.15, -0.1) is 11.8 Å². The Kier molecular flexibility index (Phi) is 37.4. The molecular weight excluding hydrogens is 1870 g/mol. The van der Waals surface area contributed by atoms with Crippen LogP contribution in [0.25, 0.3) is 28.2 Å². The summed E-state index contributed by atoms with van der Waals surface area (Å²) in [6, 6.07) is 4.37. The second-order valence-electron chi connectivity index (χ2n) is 32.8. The van der Waals surface area contributed by atoms with Crippen LogP contribution < -0.4 is 74.7 Å². The summed E-state index contributed by atoms with van der Waals surface area (Å²) in [7, 11) is -13.8. The first-order valence-corrected chi connectivity index (χ1v) is 47.8. The number of aliphatic carboxylic acids is 5. The summed E-state index contributed by atoms with van der Waals surface area (Å²) < 4.78 is 110. The predicted octanol–water partition coefficient (Wildman–Crippen LogP) is 0.200. The maximum Gasteiger partial charge on any atom is 0.363 e. The predicted molar refractivity (Wildman–Crippen MR) is 487 cm³/mol. The van der Waals surface area contributed by atoms with Crippen LogP contribution in [0, 0.1) is 5.41 Å². The van der Waals surface area contributed by atoms with Crippen LogP contribution in [0.3, 0.4) is 0 Å². The summed E-state index contributed by atoms with van der Waals surface area (Å²) in [6.07, 6.45) is -0.437. The van der Waals surface area contributed by atoms with E-state index in [1.54, 1.807) is 36.1 Å². The van der Waals surface area contributed by atoms with E-state index in [0.29, 0.717) is 63.7 Å². The average Bonchev–Trinajstić information content (AvgIpc) is 1.57. The number of carbonyl (C=O) groups excluding carboxylic acids is 9. The molecule has 1 fully saturated rings. The van der Waals surface area contributed by atoms with E-state index in [1.165, 1.54) is 42.6 Å². The molecule has 2 aliphatic rings. The number of thioether (sulfide) groups is 1. The number of nitrogens with one attached hydrogen (secondary N) is 11. The summed E-state index contributed by atoms with van der Waals surface area (Å²) in [5, 5.41) is 77.5. The van der Waals surface area contributed by atoms with Crippen molar-refractivity contribution in [1.82, 2.24) is 67.4 Å². The second-order valence-corrected chi connectivity index (χ2v) is 38.5. The van der Waals surface area contributed by atoms with Gasteiger partial charge < -0.3 is 99.2 Å². The number of rotatable bonds is 52. The number of aromatic amines is 1. The third kappa shape index (κ3) is 31.6. The van der Waals surface area contributed by atoms with Gasteiger partial charge in [-0.2, -0.15) is 21.8 Å². The van der Waals surface area contributed by atoms with Crippen molar-refractivity contribution in [2.75, 3.05) is 77.4 Å². The Hall–Kier alpha value is -13.9. The number of carbonyl (C=O) groups is 14. The van der Waals surface area contributed by atoms with Crippen molar-refractivity contribution in [3.63, 3.8) is 0 Å². The van der Waals surface area contributed by atoms with Gasteiger partial charge in [0.15, 0.2) is 17.1 Å². The van der Waals surface area contributed by atoms with Gasteiger partial charge in [-0.25, -0.2) is 32.4 Å². The highest BCUT2D eigenvalue weighted by Crippen LogP contribution is 2.52. The highest BCUT2D eigenvalue weighted by atomic mass is 32.2. The number of imide groups is 1. The standard InChI is InChI=1S/C83H105N19O30S4/c1-6-100(29-10-32-134(123,124)125)47-20-22-50-51(82(2,3)4)35-48(132-60(50)34-47)12-7-14-62-83(5,52-36-49(136(129,130)131)21-24-59(52)101(62)30-11-33-135(126,127)128)26-8-15-63(103)87-28-31-102-65(105)40-61(77(102)118)133-43-58(79(121)122)97-75(116)57(39-68(110)111)96-74(115)56(38-67(108)109)95-72(113)53(13-9-27-88-80(84)85)93-73(114)55(37-66(106)107)92-64(104)25-23-54(78(119)120)94-71(112)44-16-18-45(19-17-44)89-41-46-42-90-70-69(91-46)76(117)99-81(86)98-70/h7,12,14,16-22,24,34-36,42,53-58,61H,6,8-11,13,15,23,25-33,37-41,43H2,1-5H3,(H22-,84,85,86,87,88,89,90,92,93,94,95,96,97,98,99,103,104,106,107,108,109,110,111,112,113,114,115,116,117,119,120,121,122,123,124,125,126,127,128,129,130,131)/b12-7+,62-14-. The van der Waals surface area contributed by atoms with Crippen LogP contribution in [-0.2, 0) is 110 Å². The van der Waals surface area contributed by atoms with Crippen molar-refractivity contribution in [3.8, 4) is 0 Å². The first kappa shape index (κ1) is 107. The van der Waals surface area contributed by atoms with Crippen molar-refractivity contribution in [2.24, 2.45) is 5.73 Å². The van der Waals surface area contributed by atoms with Gasteiger partial charge in [-0.3, -0.25) is 86.7 Å². The summed E-state index contributed by atoms with van der Waals surface area (Å²) in [6.45, 7) is 9.33. The minimum atomic E-state index is -4.84. The molecule has 49 nitrogen and oxygen atoms in total. The molecule has 8 unspecified atom stereocenters. The molecule has 3 aromatic heterocycles. The Morgan fingerprint density at radius 3 is 1.91 bits per heavy atom. The fourth-order valence-electron chi connectivity index (χ4n) is 14.8. The van der Waals surface area contributed by atoms with E-state index in [9.17, 15) is 136 Å². The number of nitrogen functional groups attached to an aromatic ring is 1. The molecule has 0 aliphatic carbocycles. The van der Waals surface area contributed by atoms with Crippen LogP contribution in [-0.4, -0.2) is 276 Å². The van der Waals surface area contributed by atoms with Crippen LogP contribution in [0.1, 0.15) is 151 Å². The number of likely N-dealkylation sites (tertiary alicyclic amines) is 1. The average molecular weight is 1980 g/mol. The third-order valence-electron chi connectivity index (χ3n) is 21.5. The Morgan fingerprint density at radius 2 is 1.32 bits per heavy atom. The van der Waals surface area contributed by atoms with Gasteiger partial charge in [0.2, 0.25) is 53.2 Å². The zero-order valence-electron chi connectivity index (χ0n) is 74.0. The number of H-pyrrole nitrogens is 1. The summed E-state index contributed by atoms with van der Waals surface area (Å²) in [5.41, 5.74) is 12.5. The van der Waals surface area contributed by atoms with Gasteiger partial charge >= 0.3 is 41.2 Å². The summed E-state index contributed by atoms with van der Waals surface area (Å²) >= 11 is 0.561. The molecule has 6 aromatic rings. The normalized spacial score (nSPS) is 16.1. The van der Waals surface area contributed by atoms with E-state index in [1.807, 2.05) is 66.7 Å². The molecule has 0 radical (unpaired) electrons. The van der Waals surface area contributed by atoms with Crippen LogP contribution >= 0.6 is 11.8 Å². The number of fused-ring (bicyclic) bond motifs is 3. The highest BCUT2D eigenvalue weighted by Gasteiger charge is 2.45. The van der Waals surface area contributed by atoms with E-state index < -0.39 is 251 Å².